The van der Waals surface area contributed by atoms with Crippen molar-refractivity contribution in [3.8, 4) is 0 Å². The lowest BCUT2D eigenvalue weighted by Gasteiger charge is -2.07. The molecule has 0 amide bonds. The lowest BCUT2D eigenvalue weighted by Crippen LogP contribution is -2.02. The minimum Gasteiger partial charge on any atom is -0.465 e. The molecule has 0 atom stereocenters. The Bertz CT molecular complexity index is 680. The lowest BCUT2D eigenvalue weighted by atomic mass is 10.1. The second-order valence-electron chi connectivity index (χ2n) is 3.34. The van der Waals surface area contributed by atoms with Gasteiger partial charge in [-0.3, -0.25) is 4.98 Å². The zero-order valence-electron chi connectivity index (χ0n) is 9.29. The summed E-state index contributed by atoms with van der Waals surface area (Å²) in [5.41, 5.74) is 9.58. The monoisotopic (exact) mass is 306 g/mol. The van der Waals surface area contributed by atoms with E-state index in [4.69, 9.17) is 5.53 Å². The van der Waals surface area contributed by atoms with E-state index in [0.29, 0.717) is 10.9 Å². The molecule has 2 rings (SSSR count). The quantitative estimate of drug-likeness (QED) is 0.366. The van der Waals surface area contributed by atoms with Crippen LogP contribution in [0.1, 0.15) is 10.4 Å². The normalized spacial score (nSPS) is 9.89. The summed E-state index contributed by atoms with van der Waals surface area (Å²) in [4.78, 5) is 18.5. The number of fused-ring (bicyclic) bond motifs is 1. The van der Waals surface area contributed by atoms with E-state index in [1.54, 1.807) is 12.1 Å². The largest absolute Gasteiger partial charge is 0.465 e. The van der Waals surface area contributed by atoms with Crippen LogP contribution in [0.2, 0.25) is 0 Å². The number of hydrogen-bond donors (Lipinski definition) is 0. The average molecular weight is 307 g/mol. The molecule has 2 aromatic rings. The van der Waals surface area contributed by atoms with Crippen LogP contribution in [-0.4, -0.2) is 18.1 Å². The summed E-state index contributed by atoms with van der Waals surface area (Å²) in [7, 11) is 1.26. The summed E-state index contributed by atoms with van der Waals surface area (Å²) in [6.07, 6.45) is 1.34. The highest BCUT2D eigenvalue weighted by atomic mass is 79.9. The predicted molar refractivity (Wildman–Crippen MR) is 69.6 cm³/mol. The van der Waals surface area contributed by atoms with Crippen molar-refractivity contribution in [3.05, 3.63) is 44.9 Å². The number of para-hydroxylation sites is 1. The van der Waals surface area contributed by atoms with E-state index in [1.165, 1.54) is 13.3 Å². The van der Waals surface area contributed by atoms with Gasteiger partial charge in [0.05, 0.1) is 23.9 Å². The summed E-state index contributed by atoms with van der Waals surface area (Å²) in [6, 6.07) is 5.31. The van der Waals surface area contributed by atoms with Crippen LogP contribution in [0.15, 0.2) is 34.0 Å². The second-order valence-corrected chi connectivity index (χ2v) is 4.19. The molecule has 0 bridgehead atoms. The summed E-state index contributed by atoms with van der Waals surface area (Å²) >= 11 is 3.35. The van der Waals surface area contributed by atoms with E-state index >= 15 is 0 Å². The number of pyridine rings is 1. The highest BCUT2D eigenvalue weighted by Gasteiger charge is 2.15. The maximum atomic E-state index is 11.6. The van der Waals surface area contributed by atoms with Crippen molar-refractivity contribution in [2.24, 2.45) is 5.11 Å². The van der Waals surface area contributed by atoms with Crippen molar-refractivity contribution in [3.63, 3.8) is 0 Å². The van der Waals surface area contributed by atoms with Gasteiger partial charge < -0.3 is 4.74 Å². The number of benzene rings is 1. The molecule has 6 nitrogen and oxygen atoms in total. The Hall–Kier alpha value is -2.11. The maximum absolute atomic E-state index is 11.6. The second kappa shape index (κ2) is 5.03. The molecule has 1 aromatic carbocycles. The van der Waals surface area contributed by atoms with Gasteiger partial charge in [0.1, 0.15) is 0 Å². The van der Waals surface area contributed by atoms with Crippen molar-refractivity contribution >= 4 is 38.5 Å². The zero-order valence-corrected chi connectivity index (χ0v) is 10.9. The topological polar surface area (TPSA) is 88.0 Å². The molecule has 1 heterocycles. The van der Waals surface area contributed by atoms with Crippen molar-refractivity contribution in [1.29, 1.82) is 0 Å². The number of hydrogen-bond acceptors (Lipinski definition) is 4. The van der Waals surface area contributed by atoms with E-state index in [1.807, 2.05) is 6.07 Å². The molecule has 0 unspecified atom stereocenters. The molecule has 0 fully saturated rings. The third-order valence-electron chi connectivity index (χ3n) is 2.37. The van der Waals surface area contributed by atoms with Crippen LogP contribution >= 0.6 is 15.9 Å². The van der Waals surface area contributed by atoms with Gasteiger partial charge >= 0.3 is 5.97 Å². The number of ether oxygens (including phenoxy) is 1. The highest BCUT2D eigenvalue weighted by Crippen LogP contribution is 2.32. The Morgan fingerprint density at radius 2 is 2.33 bits per heavy atom. The molecular weight excluding hydrogens is 300 g/mol. The Labute approximate surface area is 110 Å². The van der Waals surface area contributed by atoms with Crippen LogP contribution in [-0.2, 0) is 4.74 Å². The van der Waals surface area contributed by atoms with Gasteiger partial charge in [-0.2, -0.15) is 0 Å². The predicted octanol–water partition coefficient (Wildman–Crippen LogP) is 3.73. The zero-order chi connectivity index (χ0) is 13.1. The molecule has 0 aliphatic carbocycles. The summed E-state index contributed by atoms with van der Waals surface area (Å²) < 4.78 is 5.38. The van der Waals surface area contributed by atoms with Crippen molar-refractivity contribution < 1.29 is 9.53 Å². The van der Waals surface area contributed by atoms with E-state index in [2.05, 4.69) is 35.7 Å². The number of esters is 1. The van der Waals surface area contributed by atoms with Gasteiger partial charge in [-0.1, -0.05) is 17.2 Å². The number of carbonyl (C=O) groups excluding carboxylic acids is 1. The SMILES string of the molecule is COC(=O)c1cnc2c(Br)cccc2c1N=[N+]=[N-]. The van der Waals surface area contributed by atoms with Gasteiger partial charge in [0.25, 0.3) is 0 Å². The molecule has 0 aliphatic rings. The van der Waals surface area contributed by atoms with Crippen LogP contribution in [0, 0.1) is 0 Å². The molecule has 0 saturated heterocycles. The highest BCUT2D eigenvalue weighted by molar-refractivity contribution is 9.10. The first kappa shape index (κ1) is 12.3. The van der Waals surface area contributed by atoms with Gasteiger partial charge in [0.2, 0.25) is 0 Å². The molecule has 18 heavy (non-hydrogen) atoms. The first-order chi connectivity index (χ1) is 8.69. The first-order valence-corrected chi connectivity index (χ1v) is 5.69. The standard InChI is InChI=1S/C11H7BrN4O2/c1-18-11(17)7-5-14-10-6(9(7)15-16-13)3-2-4-8(10)12/h2-5H,1H3. The van der Waals surface area contributed by atoms with E-state index in [-0.39, 0.29) is 11.3 Å². The Morgan fingerprint density at radius 1 is 1.56 bits per heavy atom. The molecule has 90 valence electrons. The first-order valence-electron chi connectivity index (χ1n) is 4.89. The van der Waals surface area contributed by atoms with E-state index in [9.17, 15) is 4.79 Å². The van der Waals surface area contributed by atoms with Crippen molar-refractivity contribution in [2.45, 2.75) is 0 Å². The molecule has 0 saturated carbocycles. The van der Waals surface area contributed by atoms with Gasteiger partial charge in [-0.05, 0) is 27.5 Å². The lowest BCUT2D eigenvalue weighted by molar-refractivity contribution is 0.0601. The molecule has 0 spiro atoms. The van der Waals surface area contributed by atoms with Crippen molar-refractivity contribution in [2.75, 3.05) is 7.11 Å². The minimum atomic E-state index is -0.591. The number of rotatable bonds is 2. The fourth-order valence-corrected chi connectivity index (χ4v) is 2.05. The Morgan fingerprint density at radius 3 is 3.00 bits per heavy atom. The fourth-order valence-electron chi connectivity index (χ4n) is 1.58. The summed E-state index contributed by atoms with van der Waals surface area (Å²) in [5, 5.41) is 4.15. The molecular formula is C11H7BrN4O2. The molecule has 0 radical (unpaired) electrons. The number of nitrogens with zero attached hydrogens (tertiary/aromatic N) is 4. The Balaban J connectivity index is 2.87. The number of azide groups is 1. The number of halogens is 1. The average Bonchev–Trinajstić information content (AvgIpc) is 2.39. The third kappa shape index (κ3) is 2.01. The van der Waals surface area contributed by atoms with E-state index < -0.39 is 5.97 Å². The van der Waals surface area contributed by atoms with Crippen molar-refractivity contribution in [1.82, 2.24) is 4.98 Å². The van der Waals surface area contributed by atoms with E-state index in [0.717, 1.165) is 4.47 Å². The van der Waals surface area contributed by atoms with Crippen LogP contribution < -0.4 is 0 Å². The van der Waals surface area contributed by atoms with Crippen LogP contribution in [0.3, 0.4) is 0 Å². The summed E-state index contributed by atoms with van der Waals surface area (Å²) in [5.74, 6) is -0.591. The van der Waals surface area contributed by atoms with Gasteiger partial charge in [0.15, 0.2) is 0 Å². The Kier molecular flexibility index (Phi) is 3.45. The number of carbonyl (C=O) groups is 1. The van der Waals surface area contributed by atoms with Gasteiger partial charge in [-0.25, -0.2) is 4.79 Å². The molecule has 0 aliphatic heterocycles. The van der Waals surface area contributed by atoms with Crippen LogP contribution in [0.4, 0.5) is 5.69 Å². The third-order valence-corrected chi connectivity index (χ3v) is 3.01. The maximum Gasteiger partial charge on any atom is 0.339 e. The summed E-state index contributed by atoms with van der Waals surface area (Å²) in [6.45, 7) is 0. The van der Waals surface area contributed by atoms with Crippen LogP contribution in [0.25, 0.3) is 21.3 Å². The smallest absolute Gasteiger partial charge is 0.339 e. The van der Waals surface area contributed by atoms with Gasteiger partial charge in [0, 0.05) is 21.0 Å². The number of aromatic nitrogens is 1. The van der Waals surface area contributed by atoms with Crippen LogP contribution in [0.5, 0.6) is 0 Å². The molecule has 7 heteroatoms. The van der Waals surface area contributed by atoms with Gasteiger partial charge in [-0.15, -0.1) is 0 Å². The fraction of sp³-hybridized carbons (Fsp3) is 0.0909. The minimum absolute atomic E-state index is 0.140. The number of methoxy groups -OCH3 is 1. The molecule has 1 aromatic heterocycles. The molecule has 0 N–H and O–H groups in total.